The normalized spacial score (nSPS) is 12.6. The highest BCUT2D eigenvalue weighted by Crippen LogP contribution is 2.23. The van der Waals surface area contributed by atoms with Gasteiger partial charge in [-0.3, -0.25) is 4.68 Å². The van der Waals surface area contributed by atoms with Gasteiger partial charge in [0.1, 0.15) is 0 Å². The van der Waals surface area contributed by atoms with Gasteiger partial charge in [-0.15, -0.1) is 0 Å². The third kappa shape index (κ3) is 3.45. The van der Waals surface area contributed by atoms with Crippen LogP contribution in [0.5, 0.6) is 0 Å². The standard InChI is InChI=1S/C15H20BrN3/c1-3-10-17-15(12-5-7-13(16)8-6-12)14-9-11-18-19(14)4-2/h5-9,11,15,17H,3-4,10H2,1-2H3. The molecule has 0 amide bonds. The molecular formula is C15H20BrN3. The molecule has 19 heavy (non-hydrogen) atoms. The summed E-state index contributed by atoms with van der Waals surface area (Å²) in [6.07, 6.45) is 2.99. The molecule has 2 rings (SSSR count). The number of nitrogens with zero attached hydrogens (tertiary/aromatic N) is 2. The molecule has 3 nitrogen and oxygen atoms in total. The molecule has 0 aliphatic heterocycles. The van der Waals surface area contributed by atoms with Crippen LogP contribution >= 0.6 is 15.9 Å². The minimum absolute atomic E-state index is 0.204. The zero-order valence-corrected chi connectivity index (χ0v) is 13.0. The Morgan fingerprint density at radius 3 is 2.58 bits per heavy atom. The van der Waals surface area contributed by atoms with E-state index in [9.17, 15) is 0 Å². The van der Waals surface area contributed by atoms with E-state index in [4.69, 9.17) is 0 Å². The monoisotopic (exact) mass is 321 g/mol. The topological polar surface area (TPSA) is 29.9 Å². The lowest BCUT2D eigenvalue weighted by Gasteiger charge is -2.20. The first-order valence-corrected chi connectivity index (χ1v) is 7.56. The van der Waals surface area contributed by atoms with Crippen LogP contribution < -0.4 is 5.32 Å². The molecule has 0 radical (unpaired) electrons. The van der Waals surface area contributed by atoms with Gasteiger partial charge in [-0.1, -0.05) is 35.0 Å². The van der Waals surface area contributed by atoms with Gasteiger partial charge in [-0.25, -0.2) is 0 Å². The summed E-state index contributed by atoms with van der Waals surface area (Å²) in [4.78, 5) is 0. The van der Waals surface area contributed by atoms with Crippen LogP contribution in [-0.4, -0.2) is 16.3 Å². The molecule has 0 aliphatic carbocycles. The average molecular weight is 322 g/mol. The molecule has 0 saturated carbocycles. The van der Waals surface area contributed by atoms with Crippen LogP contribution in [-0.2, 0) is 6.54 Å². The Hall–Kier alpha value is -1.13. The van der Waals surface area contributed by atoms with Crippen molar-refractivity contribution in [3.05, 3.63) is 52.3 Å². The van der Waals surface area contributed by atoms with Crippen molar-refractivity contribution in [2.75, 3.05) is 6.54 Å². The van der Waals surface area contributed by atoms with Crippen molar-refractivity contribution in [1.82, 2.24) is 15.1 Å². The van der Waals surface area contributed by atoms with Crippen molar-refractivity contribution in [2.24, 2.45) is 0 Å². The quantitative estimate of drug-likeness (QED) is 0.878. The third-order valence-electron chi connectivity index (χ3n) is 3.15. The van der Waals surface area contributed by atoms with Gasteiger partial charge in [-0.2, -0.15) is 5.10 Å². The highest BCUT2D eigenvalue weighted by atomic mass is 79.9. The van der Waals surface area contributed by atoms with Crippen molar-refractivity contribution < 1.29 is 0 Å². The Morgan fingerprint density at radius 1 is 1.21 bits per heavy atom. The van der Waals surface area contributed by atoms with Gasteiger partial charge in [-0.05, 0) is 43.7 Å². The van der Waals surface area contributed by atoms with E-state index < -0.39 is 0 Å². The van der Waals surface area contributed by atoms with E-state index in [1.54, 1.807) is 0 Å². The van der Waals surface area contributed by atoms with Crippen LogP contribution in [0.1, 0.15) is 37.6 Å². The van der Waals surface area contributed by atoms with E-state index in [2.05, 4.69) is 75.2 Å². The van der Waals surface area contributed by atoms with E-state index >= 15 is 0 Å². The van der Waals surface area contributed by atoms with Gasteiger partial charge < -0.3 is 5.32 Å². The van der Waals surface area contributed by atoms with Gasteiger partial charge in [0.15, 0.2) is 0 Å². The largest absolute Gasteiger partial charge is 0.305 e. The maximum Gasteiger partial charge on any atom is 0.0748 e. The zero-order chi connectivity index (χ0) is 13.7. The molecular weight excluding hydrogens is 302 g/mol. The van der Waals surface area contributed by atoms with Crippen molar-refractivity contribution in [3.63, 3.8) is 0 Å². The Balaban J connectivity index is 2.32. The summed E-state index contributed by atoms with van der Waals surface area (Å²) >= 11 is 3.49. The highest BCUT2D eigenvalue weighted by molar-refractivity contribution is 9.10. The first-order chi connectivity index (χ1) is 9.26. The molecule has 0 fully saturated rings. The number of aromatic nitrogens is 2. The molecule has 102 valence electrons. The second-order valence-electron chi connectivity index (χ2n) is 4.51. The summed E-state index contributed by atoms with van der Waals surface area (Å²) < 4.78 is 3.16. The molecule has 1 aromatic heterocycles. The predicted molar refractivity (Wildman–Crippen MR) is 82.2 cm³/mol. The number of rotatable bonds is 6. The number of halogens is 1. The predicted octanol–water partition coefficient (Wildman–Crippen LogP) is 3.75. The molecule has 1 atom stereocenters. The molecule has 0 saturated heterocycles. The molecule has 1 aromatic carbocycles. The lowest BCUT2D eigenvalue weighted by atomic mass is 10.0. The summed E-state index contributed by atoms with van der Waals surface area (Å²) in [5, 5.41) is 7.98. The molecule has 0 spiro atoms. The maximum absolute atomic E-state index is 4.37. The SMILES string of the molecule is CCCNC(c1ccc(Br)cc1)c1ccnn1CC. The second kappa shape index (κ2) is 6.87. The number of hydrogen-bond acceptors (Lipinski definition) is 2. The van der Waals surface area contributed by atoms with Crippen molar-refractivity contribution >= 4 is 15.9 Å². The maximum atomic E-state index is 4.37. The lowest BCUT2D eigenvalue weighted by molar-refractivity contribution is 0.530. The Bertz CT molecular complexity index is 504. The Kier molecular flexibility index (Phi) is 5.16. The van der Waals surface area contributed by atoms with E-state index in [0.29, 0.717) is 0 Å². The molecule has 0 aliphatic rings. The number of hydrogen-bond donors (Lipinski definition) is 1. The summed E-state index contributed by atoms with van der Waals surface area (Å²) in [5.74, 6) is 0. The first-order valence-electron chi connectivity index (χ1n) is 6.76. The van der Waals surface area contributed by atoms with Gasteiger partial charge >= 0.3 is 0 Å². The Morgan fingerprint density at radius 2 is 1.95 bits per heavy atom. The lowest BCUT2D eigenvalue weighted by Crippen LogP contribution is -2.25. The molecule has 1 N–H and O–H groups in total. The molecule has 4 heteroatoms. The van der Waals surface area contributed by atoms with Crippen molar-refractivity contribution in [3.8, 4) is 0 Å². The summed E-state index contributed by atoms with van der Waals surface area (Å²) in [6, 6.07) is 10.8. The fourth-order valence-corrected chi connectivity index (χ4v) is 2.45. The molecule has 0 bridgehead atoms. The zero-order valence-electron chi connectivity index (χ0n) is 11.4. The smallest absolute Gasteiger partial charge is 0.0748 e. The molecule has 2 aromatic rings. The van der Waals surface area contributed by atoms with Gasteiger partial charge in [0.05, 0.1) is 11.7 Å². The number of nitrogens with one attached hydrogen (secondary N) is 1. The van der Waals surface area contributed by atoms with Crippen LogP contribution in [0.15, 0.2) is 41.0 Å². The summed E-state index contributed by atoms with van der Waals surface area (Å²) in [5.41, 5.74) is 2.49. The second-order valence-corrected chi connectivity index (χ2v) is 5.43. The average Bonchev–Trinajstić information content (AvgIpc) is 2.89. The van der Waals surface area contributed by atoms with Gasteiger partial charge in [0, 0.05) is 17.2 Å². The number of benzene rings is 1. The summed E-state index contributed by atoms with van der Waals surface area (Å²) in [7, 11) is 0. The van der Waals surface area contributed by atoms with Crippen LogP contribution in [0.3, 0.4) is 0 Å². The fourth-order valence-electron chi connectivity index (χ4n) is 2.19. The van der Waals surface area contributed by atoms with Crippen LogP contribution in [0.2, 0.25) is 0 Å². The van der Waals surface area contributed by atoms with Gasteiger partial charge in [0.2, 0.25) is 0 Å². The van der Waals surface area contributed by atoms with E-state index in [1.165, 1.54) is 11.3 Å². The Labute approximate surface area is 123 Å². The van der Waals surface area contributed by atoms with E-state index in [0.717, 1.165) is 24.0 Å². The van der Waals surface area contributed by atoms with E-state index in [-0.39, 0.29) is 6.04 Å². The molecule has 1 heterocycles. The number of aryl methyl sites for hydroxylation is 1. The fraction of sp³-hybridized carbons (Fsp3) is 0.400. The van der Waals surface area contributed by atoms with Crippen molar-refractivity contribution in [1.29, 1.82) is 0 Å². The van der Waals surface area contributed by atoms with Crippen LogP contribution in [0.25, 0.3) is 0 Å². The van der Waals surface area contributed by atoms with Gasteiger partial charge in [0.25, 0.3) is 0 Å². The minimum atomic E-state index is 0.204. The first kappa shape index (κ1) is 14.3. The van der Waals surface area contributed by atoms with Crippen LogP contribution in [0, 0.1) is 0 Å². The summed E-state index contributed by atoms with van der Waals surface area (Å²) in [6.45, 7) is 6.19. The minimum Gasteiger partial charge on any atom is -0.305 e. The highest BCUT2D eigenvalue weighted by Gasteiger charge is 2.16. The molecule has 1 unspecified atom stereocenters. The third-order valence-corrected chi connectivity index (χ3v) is 3.68. The van der Waals surface area contributed by atoms with E-state index in [1.807, 2.05) is 6.20 Å². The van der Waals surface area contributed by atoms with Crippen molar-refractivity contribution in [2.45, 2.75) is 32.9 Å². The van der Waals surface area contributed by atoms with Crippen LogP contribution in [0.4, 0.5) is 0 Å².